The molecule has 1 aliphatic rings. The fraction of sp³-hybridized carbons (Fsp3) is 0.750. The first-order valence-electron chi connectivity index (χ1n) is 7.76. The minimum atomic E-state index is 0.689. The van der Waals surface area contributed by atoms with Crippen molar-refractivity contribution in [3.8, 4) is 0 Å². The van der Waals surface area contributed by atoms with Gasteiger partial charge in [0, 0.05) is 19.0 Å². The van der Waals surface area contributed by atoms with E-state index in [9.17, 15) is 0 Å². The van der Waals surface area contributed by atoms with Crippen molar-refractivity contribution < 1.29 is 4.42 Å². The summed E-state index contributed by atoms with van der Waals surface area (Å²) < 4.78 is 5.88. The fourth-order valence-corrected chi connectivity index (χ4v) is 2.60. The highest BCUT2D eigenvalue weighted by Gasteiger charge is 2.36. The number of furan rings is 1. The van der Waals surface area contributed by atoms with Crippen LogP contribution in [0.1, 0.15) is 51.1 Å². The minimum absolute atomic E-state index is 0.689. The van der Waals surface area contributed by atoms with Crippen LogP contribution in [0.4, 0.5) is 0 Å². The van der Waals surface area contributed by atoms with E-state index in [0.29, 0.717) is 5.92 Å². The van der Waals surface area contributed by atoms with E-state index in [2.05, 4.69) is 43.1 Å². The summed E-state index contributed by atoms with van der Waals surface area (Å²) in [5.41, 5.74) is 0. The zero-order valence-electron chi connectivity index (χ0n) is 12.6. The molecule has 108 valence electrons. The van der Waals surface area contributed by atoms with Crippen molar-refractivity contribution in [3.05, 3.63) is 23.7 Å². The molecule has 3 nitrogen and oxygen atoms in total. The molecule has 1 aliphatic carbocycles. The molecule has 2 unspecified atom stereocenters. The molecule has 0 bridgehead atoms. The maximum absolute atomic E-state index is 5.88. The molecule has 1 aromatic heterocycles. The van der Waals surface area contributed by atoms with Gasteiger partial charge in [0.1, 0.15) is 11.5 Å². The van der Waals surface area contributed by atoms with E-state index >= 15 is 0 Å². The molecule has 1 N–H and O–H groups in total. The van der Waals surface area contributed by atoms with Crippen LogP contribution < -0.4 is 5.32 Å². The van der Waals surface area contributed by atoms with Gasteiger partial charge < -0.3 is 14.6 Å². The summed E-state index contributed by atoms with van der Waals surface area (Å²) in [5.74, 6) is 3.77. The SMILES string of the molecule is CCCN(CC)CCNCc1ccc(C2CC2C)o1. The maximum atomic E-state index is 5.88. The van der Waals surface area contributed by atoms with Crippen LogP contribution in [0.5, 0.6) is 0 Å². The first-order chi connectivity index (χ1) is 9.24. The van der Waals surface area contributed by atoms with Gasteiger partial charge in [-0.1, -0.05) is 20.8 Å². The summed E-state index contributed by atoms with van der Waals surface area (Å²) in [5, 5.41) is 3.47. The molecule has 1 heterocycles. The second kappa shape index (κ2) is 7.11. The monoisotopic (exact) mass is 264 g/mol. The molecule has 1 aromatic rings. The van der Waals surface area contributed by atoms with E-state index in [4.69, 9.17) is 4.42 Å². The van der Waals surface area contributed by atoms with E-state index in [-0.39, 0.29) is 0 Å². The van der Waals surface area contributed by atoms with Crippen LogP contribution in [-0.2, 0) is 6.54 Å². The molecule has 0 aromatic carbocycles. The molecule has 0 radical (unpaired) electrons. The van der Waals surface area contributed by atoms with Crippen LogP contribution >= 0.6 is 0 Å². The molecule has 0 aliphatic heterocycles. The van der Waals surface area contributed by atoms with Crippen LogP contribution in [0, 0.1) is 5.92 Å². The lowest BCUT2D eigenvalue weighted by Crippen LogP contribution is -2.32. The Bertz CT molecular complexity index is 375. The van der Waals surface area contributed by atoms with Crippen molar-refractivity contribution in [1.82, 2.24) is 10.2 Å². The van der Waals surface area contributed by atoms with Crippen molar-refractivity contribution in [2.45, 2.75) is 46.1 Å². The number of hydrogen-bond acceptors (Lipinski definition) is 3. The molecule has 2 atom stereocenters. The lowest BCUT2D eigenvalue weighted by Gasteiger charge is -2.19. The third kappa shape index (κ3) is 4.36. The molecule has 0 spiro atoms. The number of likely N-dealkylation sites (N-methyl/N-ethyl adjacent to an activating group) is 1. The molecule has 1 saturated carbocycles. The van der Waals surface area contributed by atoms with Gasteiger partial charge in [-0.15, -0.1) is 0 Å². The maximum Gasteiger partial charge on any atom is 0.117 e. The van der Waals surface area contributed by atoms with E-state index < -0.39 is 0 Å². The predicted octanol–water partition coefficient (Wildman–Crippen LogP) is 3.22. The van der Waals surface area contributed by atoms with E-state index in [1.807, 2.05) is 0 Å². The summed E-state index contributed by atoms with van der Waals surface area (Å²) in [7, 11) is 0. The zero-order valence-corrected chi connectivity index (χ0v) is 12.6. The molecule has 2 rings (SSSR count). The Labute approximate surface area is 117 Å². The van der Waals surface area contributed by atoms with E-state index in [1.54, 1.807) is 0 Å². The van der Waals surface area contributed by atoms with Crippen molar-refractivity contribution in [2.75, 3.05) is 26.2 Å². The average Bonchev–Trinajstić information content (AvgIpc) is 2.96. The fourth-order valence-electron chi connectivity index (χ4n) is 2.60. The van der Waals surface area contributed by atoms with Gasteiger partial charge in [-0.25, -0.2) is 0 Å². The third-order valence-electron chi connectivity index (χ3n) is 4.05. The van der Waals surface area contributed by atoms with E-state index in [0.717, 1.165) is 37.9 Å². The van der Waals surface area contributed by atoms with Crippen LogP contribution in [0.25, 0.3) is 0 Å². The van der Waals surface area contributed by atoms with Crippen LogP contribution in [0.15, 0.2) is 16.5 Å². The van der Waals surface area contributed by atoms with Gasteiger partial charge >= 0.3 is 0 Å². The Morgan fingerprint density at radius 1 is 1.32 bits per heavy atom. The van der Waals surface area contributed by atoms with Gasteiger partial charge in [-0.3, -0.25) is 0 Å². The topological polar surface area (TPSA) is 28.4 Å². The Hall–Kier alpha value is -0.800. The first-order valence-corrected chi connectivity index (χ1v) is 7.76. The van der Waals surface area contributed by atoms with Crippen LogP contribution in [0.2, 0.25) is 0 Å². The average molecular weight is 264 g/mol. The lowest BCUT2D eigenvalue weighted by molar-refractivity contribution is 0.286. The third-order valence-corrected chi connectivity index (χ3v) is 4.05. The van der Waals surface area contributed by atoms with Gasteiger partial charge in [0.2, 0.25) is 0 Å². The van der Waals surface area contributed by atoms with Gasteiger partial charge in [-0.2, -0.15) is 0 Å². The highest BCUT2D eigenvalue weighted by Crippen LogP contribution is 2.47. The Balaban J connectivity index is 1.64. The Morgan fingerprint density at radius 3 is 2.74 bits per heavy atom. The highest BCUT2D eigenvalue weighted by atomic mass is 16.3. The second-order valence-electron chi connectivity index (χ2n) is 5.73. The van der Waals surface area contributed by atoms with Crippen molar-refractivity contribution in [2.24, 2.45) is 5.92 Å². The normalized spacial score (nSPS) is 22.1. The van der Waals surface area contributed by atoms with Crippen molar-refractivity contribution in [3.63, 3.8) is 0 Å². The zero-order chi connectivity index (χ0) is 13.7. The minimum Gasteiger partial charge on any atom is -0.464 e. The number of nitrogens with one attached hydrogen (secondary N) is 1. The summed E-state index contributed by atoms with van der Waals surface area (Å²) >= 11 is 0. The highest BCUT2D eigenvalue weighted by molar-refractivity contribution is 5.17. The van der Waals surface area contributed by atoms with Gasteiger partial charge in [-0.05, 0) is 44.0 Å². The first kappa shape index (κ1) is 14.6. The number of nitrogens with zero attached hydrogens (tertiary/aromatic N) is 1. The predicted molar refractivity (Wildman–Crippen MR) is 79.3 cm³/mol. The van der Waals surface area contributed by atoms with Gasteiger partial charge in [0.05, 0.1) is 6.54 Å². The molecule has 0 amide bonds. The molecule has 0 saturated heterocycles. The number of rotatable bonds is 9. The van der Waals surface area contributed by atoms with Gasteiger partial charge in [0.25, 0.3) is 0 Å². The molecule has 1 fully saturated rings. The number of hydrogen-bond donors (Lipinski definition) is 1. The van der Waals surface area contributed by atoms with Gasteiger partial charge in [0.15, 0.2) is 0 Å². The van der Waals surface area contributed by atoms with Crippen molar-refractivity contribution >= 4 is 0 Å². The van der Waals surface area contributed by atoms with Crippen LogP contribution in [0.3, 0.4) is 0 Å². The summed E-state index contributed by atoms with van der Waals surface area (Å²) in [6.45, 7) is 12.1. The molecular formula is C16H28N2O. The smallest absolute Gasteiger partial charge is 0.117 e. The van der Waals surface area contributed by atoms with Crippen LogP contribution in [-0.4, -0.2) is 31.1 Å². The summed E-state index contributed by atoms with van der Waals surface area (Å²) in [4.78, 5) is 2.48. The second-order valence-corrected chi connectivity index (χ2v) is 5.73. The van der Waals surface area contributed by atoms with Crippen molar-refractivity contribution in [1.29, 1.82) is 0 Å². The lowest BCUT2D eigenvalue weighted by atomic mass is 10.3. The summed E-state index contributed by atoms with van der Waals surface area (Å²) in [6, 6.07) is 4.28. The summed E-state index contributed by atoms with van der Waals surface area (Å²) in [6.07, 6.45) is 2.53. The largest absolute Gasteiger partial charge is 0.464 e. The molecule has 19 heavy (non-hydrogen) atoms. The Kier molecular flexibility index (Phi) is 5.46. The van der Waals surface area contributed by atoms with E-state index in [1.165, 1.54) is 25.1 Å². The standard InChI is InChI=1S/C16H28N2O/c1-4-9-18(5-2)10-8-17-12-14-6-7-16(19-14)15-11-13(15)3/h6-7,13,15,17H,4-5,8-12H2,1-3H3. The molecular weight excluding hydrogens is 236 g/mol. The Morgan fingerprint density at radius 2 is 2.11 bits per heavy atom. The quantitative estimate of drug-likeness (QED) is 0.694. The molecule has 3 heteroatoms.